The van der Waals surface area contributed by atoms with Crippen LogP contribution < -0.4 is 0 Å². The van der Waals surface area contributed by atoms with Gasteiger partial charge in [-0.15, -0.1) is 0 Å². The molecule has 500 valence electrons. The Balaban J connectivity index is 2.50. The second kappa shape index (κ2) is 53.6. The number of nitrogens with zero attached hydrogens (tertiary/aromatic N) is 4. The second-order valence-corrected chi connectivity index (χ2v) is 27.4. The fraction of sp³-hybridized carbons (Fsp3) is 0.923. The Labute approximate surface area is 523 Å². The van der Waals surface area contributed by atoms with Crippen molar-refractivity contribution in [2.75, 3.05) is 123 Å². The number of aliphatic hydroxyl groups is 4. The largest absolute Gasteiger partial charge is 0.466 e. The molecule has 20 heteroatoms. The van der Waals surface area contributed by atoms with Crippen molar-refractivity contribution >= 4 is 51.4 Å². The molecule has 4 atom stereocenters. The van der Waals surface area contributed by atoms with Gasteiger partial charge in [-0.25, -0.2) is 0 Å². The molecule has 0 saturated carbocycles. The zero-order chi connectivity index (χ0) is 62.9. The summed E-state index contributed by atoms with van der Waals surface area (Å²) in [6, 6.07) is 0. The van der Waals surface area contributed by atoms with Crippen molar-refractivity contribution < 1.29 is 68.1 Å². The van der Waals surface area contributed by atoms with E-state index in [1.165, 1.54) is 0 Å². The maximum absolute atomic E-state index is 12.9. The molecule has 0 aromatic rings. The minimum atomic E-state index is -0.656. The van der Waals surface area contributed by atoms with Gasteiger partial charge in [-0.05, 0) is 114 Å². The van der Waals surface area contributed by atoms with Gasteiger partial charge in [0.2, 0.25) is 0 Å². The maximum atomic E-state index is 12.9. The molecule has 1 heterocycles. The topological polar surface area (TPSA) is 225 Å². The molecule has 0 radical (unpaired) electrons. The standard InChI is InChI=1S/C65H124N4O14S2/c1-9-55(10-2)51-82-64(77)29-19-15-25-57(70)47-68(48-58(71)26-16-20-30-65(78)83-52-56(11-3)12-4)34-21-31-63(76)81-44-40-66-36-38-67(39-37-66)41-46-85-84-45-22-35-69(49-59(72)23-13-17-27-61(74)79-42-32-53(5)6)50-60(73)24-14-18-28-62(75)80-43-33-54(7)8/h53-60,70-73H,9-52H2,1-8H3. The first-order valence-corrected chi connectivity index (χ1v) is 36.0. The SMILES string of the molecule is CCC(CC)COC(=O)CCCCC(O)CN(CCCC(=O)OCCN1CCN(CCSSCCCN(CC(O)CCCCC(=O)OCCC(C)C)CC(O)CCCCC(=O)OCCC(C)C)CC1)CC(O)CCCCC(=O)OCC(CC)CC. The third-order valence-electron chi connectivity index (χ3n) is 16.0. The number of carbonyl (C=O) groups excluding carboxylic acids is 5. The monoisotopic (exact) mass is 1250 g/mol. The average Bonchev–Trinajstić information content (AvgIpc) is 3.50. The molecule has 85 heavy (non-hydrogen) atoms. The minimum absolute atomic E-state index is 0.184. The minimum Gasteiger partial charge on any atom is -0.466 e. The zero-order valence-corrected chi connectivity index (χ0v) is 56.3. The molecule has 0 bridgehead atoms. The summed E-state index contributed by atoms with van der Waals surface area (Å²) in [5.41, 5.74) is 0. The molecular weight excluding hydrogens is 1120 g/mol. The van der Waals surface area contributed by atoms with E-state index in [1.54, 1.807) is 0 Å². The Morgan fingerprint density at radius 3 is 1.08 bits per heavy atom. The molecule has 1 fully saturated rings. The summed E-state index contributed by atoms with van der Waals surface area (Å²) in [4.78, 5) is 70.7. The number of piperazine rings is 1. The predicted molar refractivity (Wildman–Crippen MR) is 344 cm³/mol. The van der Waals surface area contributed by atoms with Gasteiger partial charge in [-0.1, -0.05) is 128 Å². The molecule has 0 aromatic carbocycles. The van der Waals surface area contributed by atoms with Crippen LogP contribution in [0.1, 0.15) is 216 Å². The fourth-order valence-electron chi connectivity index (χ4n) is 9.92. The van der Waals surface area contributed by atoms with Crippen LogP contribution in [0.4, 0.5) is 0 Å². The molecule has 1 rings (SSSR count). The van der Waals surface area contributed by atoms with Gasteiger partial charge >= 0.3 is 29.8 Å². The normalized spacial score (nSPS) is 14.8. The zero-order valence-electron chi connectivity index (χ0n) is 54.7. The first-order valence-electron chi connectivity index (χ1n) is 33.5. The third kappa shape index (κ3) is 48.3. The van der Waals surface area contributed by atoms with Gasteiger partial charge in [-0.2, -0.15) is 0 Å². The molecule has 0 amide bonds. The van der Waals surface area contributed by atoms with Crippen LogP contribution in [0.3, 0.4) is 0 Å². The van der Waals surface area contributed by atoms with Crippen molar-refractivity contribution in [1.82, 2.24) is 19.6 Å². The highest BCUT2D eigenvalue weighted by Crippen LogP contribution is 2.23. The van der Waals surface area contributed by atoms with Crippen LogP contribution in [0.15, 0.2) is 0 Å². The van der Waals surface area contributed by atoms with Crippen LogP contribution >= 0.6 is 21.6 Å². The second-order valence-electron chi connectivity index (χ2n) is 24.7. The van der Waals surface area contributed by atoms with Crippen LogP contribution in [-0.4, -0.2) is 217 Å². The lowest BCUT2D eigenvalue weighted by atomic mass is 10.1. The van der Waals surface area contributed by atoms with Crippen LogP contribution in [0.5, 0.6) is 0 Å². The first-order chi connectivity index (χ1) is 40.8. The van der Waals surface area contributed by atoms with Gasteiger partial charge in [0.25, 0.3) is 0 Å². The van der Waals surface area contributed by atoms with E-state index < -0.39 is 24.4 Å². The Morgan fingerprint density at radius 2 is 0.718 bits per heavy atom. The van der Waals surface area contributed by atoms with E-state index in [9.17, 15) is 44.4 Å². The number of unbranched alkanes of at least 4 members (excludes halogenated alkanes) is 4. The van der Waals surface area contributed by atoms with Crippen molar-refractivity contribution in [2.24, 2.45) is 23.7 Å². The van der Waals surface area contributed by atoms with E-state index in [4.69, 9.17) is 23.7 Å². The molecular formula is C65H124N4O14S2. The smallest absolute Gasteiger partial charge is 0.305 e. The van der Waals surface area contributed by atoms with Crippen LogP contribution in [0, 0.1) is 23.7 Å². The summed E-state index contributed by atoms with van der Waals surface area (Å²) in [7, 11) is 3.73. The lowest BCUT2D eigenvalue weighted by molar-refractivity contribution is -0.146. The summed E-state index contributed by atoms with van der Waals surface area (Å²) in [6.07, 6.45) is 13.7. The number of ether oxygens (including phenoxy) is 5. The molecule has 1 aliphatic rings. The highest BCUT2D eigenvalue weighted by Gasteiger charge is 2.21. The number of rotatable bonds is 57. The van der Waals surface area contributed by atoms with Crippen molar-refractivity contribution in [3.05, 3.63) is 0 Å². The van der Waals surface area contributed by atoms with Crippen LogP contribution in [0.2, 0.25) is 0 Å². The van der Waals surface area contributed by atoms with E-state index in [-0.39, 0.29) is 36.3 Å². The number of aliphatic hydroxyl groups excluding tert-OH is 4. The van der Waals surface area contributed by atoms with Gasteiger partial charge in [-0.3, -0.25) is 43.6 Å². The number of carbonyl (C=O) groups is 5. The average molecular weight is 1250 g/mol. The summed E-state index contributed by atoms with van der Waals surface area (Å²) < 4.78 is 27.3. The Kier molecular flexibility index (Phi) is 50.9. The van der Waals surface area contributed by atoms with Crippen molar-refractivity contribution in [2.45, 2.75) is 240 Å². The number of esters is 5. The summed E-state index contributed by atoms with van der Waals surface area (Å²) in [5, 5.41) is 44.0. The molecule has 4 unspecified atom stereocenters. The molecule has 0 aliphatic carbocycles. The van der Waals surface area contributed by atoms with E-state index in [2.05, 4.69) is 70.1 Å². The van der Waals surface area contributed by atoms with Gasteiger partial charge in [0.1, 0.15) is 6.61 Å². The molecule has 0 aromatic heterocycles. The van der Waals surface area contributed by atoms with E-state index in [0.29, 0.717) is 192 Å². The Morgan fingerprint density at radius 1 is 0.400 bits per heavy atom. The molecule has 4 N–H and O–H groups in total. The lowest BCUT2D eigenvalue weighted by Gasteiger charge is -2.34. The highest BCUT2D eigenvalue weighted by molar-refractivity contribution is 8.76. The number of hydrogen-bond acceptors (Lipinski definition) is 20. The third-order valence-corrected chi connectivity index (χ3v) is 18.5. The fourth-order valence-corrected chi connectivity index (χ4v) is 12.0. The lowest BCUT2D eigenvalue weighted by Crippen LogP contribution is -2.47. The van der Waals surface area contributed by atoms with E-state index in [1.807, 2.05) is 26.5 Å². The maximum Gasteiger partial charge on any atom is 0.305 e. The van der Waals surface area contributed by atoms with Crippen LogP contribution in [-0.2, 0) is 47.7 Å². The summed E-state index contributed by atoms with van der Waals surface area (Å²) in [6.45, 7) is 27.1. The predicted octanol–water partition coefficient (Wildman–Crippen LogP) is 10.1. The Bertz CT molecular complexity index is 1570. The van der Waals surface area contributed by atoms with Crippen molar-refractivity contribution in [3.63, 3.8) is 0 Å². The molecule has 18 nitrogen and oxygen atoms in total. The first kappa shape index (κ1) is 80.7. The van der Waals surface area contributed by atoms with Crippen molar-refractivity contribution in [3.8, 4) is 0 Å². The highest BCUT2D eigenvalue weighted by atomic mass is 33.1. The summed E-state index contributed by atoms with van der Waals surface area (Å²) in [5.74, 6) is 2.64. The Hall–Kier alpha value is -2.27. The van der Waals surface area contributed by atoms with Crippen molar-refractivity contribution in [1.29, 1.82) is 0 Å². The van der Waals surface area contributed by atoms with E-state index in [0.717, 1.165) is 109 Å². The van der Waals surface area contributed by atoms with Gasteiger partial charge in [0.15, 0.2) is 0 Å². The quantitative estimate of drug-likeness (QED) is 0.0192. The van der Waals surface area contributed by atoms with Gasteiger partial charge < -0.3 is 44.1 Å². The summed E-state index contributed by atoms with van der Waals surface area (Å²) >= 11 is 0. The molecule has 1 saturated heterocycles. The van der Waals surface area contributed by atoms with Gasteiger partial charge in [0, 0.05) is 109 Å². The number of hydrogen-bond donors (Lipinski definition) is 4. The van der Waals surface area contributed by atoms with Crippen LogP contribution in [0.25, 0.3) is 0 Å². The molecule has 0 spiro atoms. The van der Waals surface area contributed by atoms with Gasteiger partial charge in [0.05, 0.1) is 50.8 Å². The molecule has 1 aliphatic heterocycles. The van der Waals surface area contributed by atoms with E-state index >= 15 is 0 Å².